The lowest BCUT2D eigenvalue weighted by atomic mass is 10.0. The summed E-state index contributed by atoms with van der Waals surface area (Å²) in [7, 11) is 1.17. The Morgan fingerprint density at radius 2 is 0.772 bits per heavy atom. The number of carbonyl (C=O) groups excluding carboxylic acids is 2. The largest absolute Gasteiger partial charge is 0.756 e. The Labute approximate surface area is 490 Å². The van der Waals surface area contributed by atoms with E-state index in [4.69, 9.17) is 13.8 Å². The highest BCUT2D eigenvalue weighted by molar-refractivity contribution is 7.45. The number of nitrogens with zero attached hydrogens (tertiary/aromatic N) is 1. The Morgan fingerprint density at radius 3 is 1.19 bits per heavy atom. The molecule has 0 saturated heterocycles. The van der Waals surface area contributed by atoms with Crippen LogP contribution in [0.1, 0.15) is 316 Å². The number of rotatable bonds is 61. The molecule has 462 valence electrons. The van der Waals surface area contributed by atoms with Gasteiger partial charge in [-0.05, 0) is 96.0 Å². The molecule has 0 heterocycles. The second kappa shape index (κ2) is 58.9. The van der Waals surface area contributed by atoms with Gasteiger partial charge in [0.1, 0.15) is 19.3 Å². The van der Waals surface area contributed by atoms with Crippen molar-refractivity contribution in [3.63, 3.8) is 0 Å². The van der Waals surface area contributed by atoms with Gasteiger partial charge < -0.3 is 28.5 Å². The second-order valence-corrected chi connectivity index (χ2v) is 25.4. The van der Waals surface area contributed by atoms with Crippen molar-refractivity contribution < 1.29 is 37.3 Å². The second-order valence-electron chi connectivity index (χ2n) is 24.0. The number of hydrogen-bond acceptors (Lipinski definition) is 7. The number of unbranched alkanes of at least 4 members (excludes halogenated alkanes) is 37. The van der Waals surface area contributed by atoms with Gasteiger partial charge >= 0.3 is 5.97 Å². The minimum atomic E-state index is -4.71. The van der Waals surface area contributed by atoms with E-state index in [0.29, 0.717) is 23.9 Å². The first-order valence-electron chi connectivity index (χ1n) is 33.6. The van der Waals surface area contributed by atoms with E-state index in [1.54, 1.807) is 0 Å². The summed E-state index contributed by atoms with van der Waals surface area (Å²) in [5, 5.41) is 3.02. The third kappa shape index (κ3) is 60.1. The molecule has 0 aromatic carbocycles. The van der Waals surface area contributed by atoms with Gasteiger partial charge in [0.05, 0.1) is 33.8 Å². The number of phosphoric acid groups is 1. The van der Waals surface area contributed by atoms with Crippen molar-refractivity contribution in [2.24, 2.45) is 0 Å². The van der Waals surface area contributed by atoms with Gasteiger partial charge in [0.15, 0.2) is 0 Å². The maximum atomic E-state index is 13.5. The molecule has 1 amide bonds. The molecule has 79 heavy (non-hydrogen) atoms. The van der Waals surface area contributed by atoms with Crippen molar-refractivity contribution >= 4 is 19.7 Å². The Kier molecular flexibility index (Phi) is 57.2. The van der Waals surface area contributed by atoms with Crippen LogP contribution in [-0.4, -0.2) is 69.4 Å². The third-order valence-corrected chi connectivity index (χ3v) is 15.9. The summed E-state index contributed by atoms with van der Waals surface area (Å²) in [6.45, 7) is 6.81. The van der Waals surface area contributed by atoms with E-state index in [1.807, 2.05) is 33.3 Å². The molecule has 0 aromatic heterocycles. The minimum absolute atomic E-state index is 0.0272. The summed E-state index contributed by atoms with van der Waals surface area (Å²) >= 11 is 0. The quantitative estimate of drug-likeness (QED) is 0.0212. The predicted molar refractivity (Wildman–Crippen MR) is 339 cm³/mol. The Balaban J connectivity index is 5.07. The molecular formula is C69H129N2O7P. The van der Waals surface area contributed by atoms with Crippen molar-refractivity contribution in [1.82, 2.24) is 5.32 Å². The van der Waals surface area contributed by atoms with Crippen molar-refractivity contribution in [3.05, 3.63) is 60.8 Å². The van der Waals surface area contributed by atoms with Crippen LogP contribution in [0.15, 0.2) is 60.8 Å². The van der Waals surface area contributed by atoms with Gasteiger partial charge in [-0.2, -0.15) is 0 Å². The summed E-state index contributed by atoms with van der Waals surface area (Å²) in [5.41, 5.74) is 0. The Morgan fingerprint density at radius 1 is 0.443 bits per heavy atom. The van der Waals surface area contributed by atoms with Gasteiger partial charge in [0.2, 0.25) is 5.91 Å². The Hall–Kier alpha value is -2.29. The molecule has 0 radical (unpaired) electrons. The van der Waals surface area contributed by atoms with Gasteiger partial charge in [-0.15, -0.1) is 0 Å². The van der Waals surface area contributed by atoms with Crippen LogP contribution >= 0.6 is 7.82 Å². The molecule has 0 aliphatic rings. The summed E-state index contributed by atoms with van der Waals surface area (Å²) in [6, 6.07) is -0.900. The fourth-order valence-corrected chi connectivity index (χ4v) is 10.4. The first-order chi connectivity index (χ1) is 38.4. The lowest BCUT2D eigenvalue weighted by Crippen LogP contribution is -2.47. The van der Waals surface area contributed by atoms with Crippen molar-refractivity contribution in [2.45, 2.75) is 328 Å². The number of esters is 1. The first-order valence-corrected chi connectivity index (χ1v) is 35.1. The summed E-state index contributed by atoms with van der Waals surface area (Å²) < 4.78 is 30.3. The van der Waals surface area contributed by atoms with E-state index in [0.717, 1.165) is 77.0 Å². The van der Waals surface area contributed by atoms with E-state index < -0.39 is 26.6 Å². The topological polar surface area (TPSA) is 114 Å². The lowest BCUT2D eigenvalue weighted by Gasteiger charge is -2.30. The maximum absolute atomic E-state index is 13.5. The average Bonchev–Trinajstić information content (AvgIpc) is 3.41. The molecule has 3 atom stereocenters. The molecule has 0 saturated carbocycles. The van der Waals surface area contributed by atoms with Crippen LogP contribution in [-0.2, 0) is 27.9 Å². The molecule has 1 N–H and O–H groups in total. The number of ether oxygens (including phenoxy) is 1. The van der Waals surface area contributed by atoms with E-state index in [1.165, 1.54) is 199 Å². The molecule has 0 fully saturated rings. The number of quaternary nitrogens is 1. The normalized spacial score (nSPS) is 14.0. The van der Waals surface area contributed by atoms with Gasteiger partial charge in [0, 0.05) is 12.8 Å². The van der Waals surface area contributed by atoms with E-state index in [2.05, 4.69) is 74.7 Å². The van der Waals surface area contributed by atoms with E-state index >= 15 is 0 Å². The van der Waals surface area contributed by atoms with Gasteiger partial charge in [-0.1, -0.05) is 268 Å². The third-order valence-electron chi connectivity index (χ3n) is 14.9. The number of phosphoric ester groups is 1. The first kappa shape index (κ1) is 76.7. The predicted octanol–water partition coefficient (Wildman–Crippen LogP) is 20.4. The van der Waals surface area contributed by atoms with E-state index in [-0.39, 0.29) is 24.9 Å². The zero-order valence-corrected chi connectivity index (χ0v) is 53.7. The standard InChI is InChI=1S/C69H129N2O7P/c1-7-10-13-16-19-22-25-27-29-31-32-33-34-35-36-37-38-40-42-44-47-50-53-56-59-62-69(73)78-67(60-57-54-51-48-45-24-21-18-15-12-9-3)66(65-77-79(74,75)76-64-63-71(4,5)6)70-68(72)61-58-55-52-49-46-43-41-39-30-28-26-23-20-17-14-11-8-2/h20,23,27-30,41,43,57,60,66-67H,7-19,21-22,24-26,31-40,42,44-56,58-59,61-65H2,1-6H3,(H-,70,72,74,75)/b23-20-,29-27+,30-28-,43-41-,60-57-. The average molecular weight is 1130 g/mol. The molecule has 0 aliphatic carbocycles. The zero-order valence-electron chi connectivity index (χ0n) is 52.8. The van der Waals surface area contributed by atoms with Crippen LogP contribution < -0.4 is 10.2 Å². The van der Waals surface area contributed by atoms with Crippen LogP contribution in [0.4, 0.5) is 0 Å². The zero-order chi connectivity index (χ0) is 57.9. The summed E-state index contributed by atoms with van der Waals surface area (Å²) in [4.78, 5) is 40.0. The molecule has 0 rings (SSSR count). The fraction of sp³-hybridized carbons (Fsp3) is 0.826. The summed E-state index contributed by atoms with van der Waals surface area (Å²) in [6.07, 6.45) is 74.9. The molecule has 0 aromatic rings. The molecule has 0 aliphatic heterocycles. The lowest BCUT2D eigenvalue weighted by molar-refractivity contribution is -0.870. The van der Waals surface area contributed by atoms with Crippen molar-refractivity contribution in [3.8, 4) is 0 Å². The van der Waals surface area contributed by atoms with Crippen LogP contribution in [0.25, 0.3) is 0 Å². The van der Waals surface area contributed by atoms with Gasteiger partial charge in [-0.25, -0.2) is 0 Å². The highest BCUT2D eigenvalue weighted by Crippen LogP contribution is 2.38. The maximum Gasteiger partial charge on any atom is 0.306 e. The van der Waals surface area contributed by atoms with Crippen molar-refractivity contribution in [2.75, 3.05) is 40.9 Å². The van der Waals surface area contributed by atoms with Crippen LogP contribution in [0.3, 0.4) is 0 Å². The van der Waals surface area contributed by atoms with Gasteiger partial charge in [-0.3, -0.25) is 14.2 Å². The number of allylic oxidation sites excluding steroid dienone is 9. The molecule has 9 nitrogen and oxygen atoms in total. The van der Waals surface area contributed by atoms with Gasteiger partial charge in [0.25, 0.3) is 7.82 Å². The van der Waals surface area contributed by atoms with Crippen LogP contribution in [0, 0.1) is 0 Å². The van der Waals surface area contributed by atoms with E-state index in [9.17, 15) is 19.0 Å². The number of amides is 1. The fourth-order valence-electron chi connectivity index (χ4n) is 9.70. The molecule has 0 bridgehead atoms. The monoisotopic (exact) mass is 1130 g/mol. The number of nitrogens with one attached hydrogen (secondary N) is 1. The Bertz CT molecular complexity index is 1540. The van der Waals surface area contributed by atoms with Crippen molar-refractivity contribution in [1.29, 1.82) is 0 Å². The summed E-state index contributed by atoms with van der Waals surface area (Å²) in [5.74, 6) is -0.558. The number of likely N-dealkylation sites (N-methyl/N-ethyl adjacent to an activating group) is 1. The molecule has 10 heteroatoms. The highest BCUT2D eigenvalue weighted by Gasteiger charge is 2.27. The highest BCUT2D eigenvalue weighted by atomic mass is 31.2. The molecular weight excluding hydrogens is 1000 g/mol. The minimum Gasteiger partial charge on any atom is -0.756 e. The van der Waals surface area contributed by atoms with Crippen LogP contribution in [0.2, 0.25) is 0 Å². The smallest absolute Gasteiger partial charge is 0.306 e. The van der Waals surface area contributed by atoms with Crippen LogP contribution in [0.5, 0.6) is 0 Å². The number of hydrogen-bond donors (Lipinski definition) is 1. The number of carbonyl (C=O) groups is 2. The molecule has 3 unspecified atom stereocenters. The SMILES string of the molecule is CCCCC/C=C\C/C=C\C/C=C\CCCCCCC(=O)NC(COP(=O)([O-])OCC[N+](C)(C)C)C(/C=C\CCCCCCCCCCC)OC(=O)CCCCCCCCCCCCCCCCC/C=C/CCCCCCCC. The molecule has 0 spiro atoms.